The third kappa shape index (κ3) is 3.92. The Labute approximate surface area is 123 Å². The van der Waals surface area contributed by atoms with Crippen molar-refractivity contribution >= 4 is 12.0 Å². The Hall–Kier alpha value is -2.62. The summed E-state index contributed by atoms with van der Waals surface area (Å²) in [5.74, 6) is -0.276. The van der Waals surface area contributed by atoms with Crippen molar-refractivity contribution in [3.05, 3.63) is 64.9 Å². The third-order valence-electron chi connectivity index (χ3n) is 3.14. The Morgan fingerprint density at radius 1 is 1.29 bits per heavy atom. The van der Waals surface area contributed by atoms with Gasteiger partial charge in [0.05, 0.1) is 7.11 Å². The summed E-state index contributed by atoms with van der Waals surface area (Å²) < 4.78 is 5.23. The van der Waals surface area contributed by atoms with Gasteiger partial charge in [0.15, 0.2) is 0 Å². The summed E-state index contributed by atoms with van der Waals surface area (Å²) >= 11 is 0. The number of carbonyl (C=O) groups is 1. The van der Waals surface area contributed by atoms with Crippen LogP contribution in [0.25, 0.3) is 6.08 Å². The van der Waals surface area contributed by atoms with Crippen LogP contribution >= 0.6 is 0 Å². The number of pyridine rings is 1. The zero-order valence-corrected chi connectivity index (χ0v) is 12.0. The largest absolute Gasteiger partial charge is 0.481 e. The van der Waals surface area contributed by atoms with Crippen molar-refractivity contribution in [2.24, 2.45) is 0 Å². The highest BCUT2D eigenvalue weighted by atomic mass is 16.5. The molecule has 108 valence electrons. The molecule has 0 atom stereocenters. The summed E-state index contributed by atoms with van der Waals surface area (Å²) in [4.78, 5) is 15.0. The van der Waals surface area contributed by atoms with E-state index in [1.807, 2.05) is 36.4 Å². The fourth-order valence-electron chi connectivity index (χ4n) is 2.01. The summed E-state index contributed by atoms with van der Waals surface area (Å²) in [5, 5.41) is 8.86. The number of nitrogens with zero attached hydrogens (tertiary/aromatic N) is 1. The summed E-state index contributed by atoms with van der Waals surface area (Å²) in [7, 11) is 1.61. The molecule has 21 heavy (non-hydrogen) atoms. The van der Waals surface area contributed by atoms with Crippen LogP contribution in [0.5, 0.6) is 5.88 Å². The molecule has 0 saturated carbocycles. The van der Waals surface area contributed by atoms with Gasteiger partial charge in [0.2, 0.25) is 5.88 Å². The van der Waals surface area contributed by atoms with E-state index in [1.54, 1.807) is 26.3 Å². The lowest BCUT2D eigenvalue weighted by molar-refractivity contribution is -0.132. The zero-order valence-electron chi connectivity index (χ0n) is 12.0. The Balaban J connectivity index is 2.16. The first-order valence-corrected chi connectivity index (χ1v) is 6.58. The zero-order chi connectivity index (χ0) is 15.2. The van der Waals surface area contributed by atoms with Gasteiger partial charge in [0, 0.05) is 23.8 Å². The number of aliphatic carboxylic acids is 1. The van der Waals surface area contributed by atoms with Gasteiger partial charge in [-0.2, -0.15) is 0 Å². The number of hydrogen-bond donors (Lipinski definition) is 1. The first-order chi connectivity index (χ1) is 10.1. The first kappa shape index (κ1) is 14.8. The second-order valence-corrected chi connectivity index (χ2v) is 4.72. The number of carboxylic acid groups (broad SMARTS) is 1. The molecular formula is C17H17NO3. The second-order valence-electron chi connectivity index (χ2n) is 4.72. The number of benzene rings is 1. The molecule has 0 unspecified atom stereocenters. The van der Waals surface area contributed by atoms with Crippen LogP contribution in [0, 0.1) is 0 Å². The van der Waals surface area contributed by atoms with Crippen LogP contribution in [-0.4, -0.2) is 23.2 Å². The quantitative estimate of drug-likeness (QED) is 0.856. The van der Waals surface area contributed by atoms with E-state index in [9.17, 15) is 4.79 Å². The van der Waals surface area contributed by atoms with Crippen molar-refractivity contribution in [2.45, 2.75) is 13.3 Å². The van der Waals surface area contributed by atoms with Crippen molar-refractivity contribution < 1.29 is 14.6 Å². The van der Waals surface area contributed by atoms with Crippen LogP contribution < -0.4 is 4.74 Å². The number of methoxy groups -OCH3 is 1. The molecule has 0 radical (unpaired) electrons. The van der Waals surface area contributed by atoms with Crippen LogP contribution in [0.2, 0.25) is 0 Å². The summed E-state index contributed by atoms with van der Waals surface area (Å²) in [6.45, 7) is 1.58. The number of ether oxygens (including phenoxy) is 1. The van der Waals surface area contributed by atoms with E-state index in [2.05, 4.69) is 4.98 Å². The predicted molar refractivity (Wildman–Crippen MR) is 81.3 cm³/mol. The van der Waals surface area contributed by atoms with Crippen molar-refractivity contribution in [3.8, 4) is 5.88 Å². The van der Waals surface area contributed by atoms with Gasteiger partial charge in [-0.05, 0) is 30.2 Å². The van der Waals surface area contributed by atoms with E-state index >= 15 is 0 Å². The van der Waals surface area contributed by atoms with Gasteiger partial charge in [0.25, 0.3) is 0 Å². The van der Waals surface area contributed by atoms with Gasteiger partial charge in [-0.1, -0.05) is 30.3 Å². The normalized spacial score (nSPS) is 11.2. The topological polar surface area (TPSA) is 59.4 Å². The fraction of sp³-hybridized carbons (Fsp3) is 0.176. The van der Waals surface area contributed by atoms with E-state index in [0.717, 1.165) is 23.1 Å². The molecule has 1 aromatic carbocycles. The van der Waals surface area contributed by atoms with Crippen molar-refractivity contribution in [1.82, 2.24) is 4.98 Å². The molecule has 0 amide bonds. The highest BCUT2D eigenvalue weighted by Gasteiger charge is 2.05. The van der Waals surface area contributed by atoms with E-state index < -0.39 is 5.97 Å². The maximum absolute atomic E-state index is 10.8. The Morgan fingerprint density at radius 2 is 2.00 bits per heavy atom. The van der Waals surface area contributed by atoms with E-state index in [0.29, 0.717) is 11.5 Å². The number of aromatic nitrogens is 1. The lowest BCUT2D eigenvalue weighted by Gasteiger charge is -2.07. The molecule has 0 aliphatic carbocycles. The molecular weight excluding hydrogens is 266 g/mol. The van der Waals surface area contributed by atoms with Crippen molar-refractivity contribution in [2.75, 3.05) is 7.11 Å². The summed E-state index contributed by atoms with van der Waals surface area (Å²) in [6.07, 6.45) is 4.07. The first-order valence-electron chi connectivity index (χ1n) is 6.58. The van der Waals surface area contributed by atoms with Gasteiger partial charge >= 0.3 is 5.97 Å². The Morgan fingerprint density at radius 3 is 2.62 bits per heavy atom. The van der Waals surface area contributed by atoms with Gasteiger partial charge in [-0.15, -0.1) is 0 Å². The molecule has 0 aliphatic heterocycles. The van der Waals surface area contributed by atoms with E-state index in [1.165, 1.54) is 0 Å². The van der Waals surface area contributed by atoms with Crippen LogP contribution in [0.1, 0.15) is 23.6 Å². The SMILES string of the molecule is COc1ncccc1Cc1ccc(C=C(C)C(=O)O)cc1. The highest BCUT2D eigenvalue weighted by molar-refractivity contribution is 5.91. The Bertz CT molecular complexity index is 660. The van der Waals surface area contributed by atoms with E-state index in [4.69, 9.17) is 9.84 Å². The molecule has 0 aliphatic rings. The molecule has 0 saturated heterocycles. The average molecular weight is 283 g/mol. The third-order valence-corrected chi connectivity index (χ3v) is 3.14. The fourth-order valence-corrected chi connectivity index (χ4v) is 2.01. The molecule has 1 N–H and O–H groups in total. The molecule has 0 bridgehead atoms. The standard InChI is InChI=1S/C17H17NO3/c1-12(17(19)20)10-13-5-7-14(8-6-13)11-15-4-3-9-18-16(15)21-2/h3-10H,11H2,1-2H3,(H,19,20). The molecule has 2 aromatic rings. The molecule has 1 heterocycles. The summed E-state index contributed by atoms with van der Waals surface area (Å²) in [5.41, 5.74) is 3.32. The lowest BCUT2D eigenvalue weighted by Crippen LogP contribution is -1.96. The minimum absolute atomic E-state index is 0.316. The molecule has 0 spiro atoms. The maximum atomic E-state index is 10.8. The van der Waals surface area contributed by atoms with Crippen LogP contribution in [0.4, 0.5) is 0 Å². The van der Waals surface area contributed by atoms with Crippen molar-refractivity contribution in [1.29, 1.82) is 0 Å². The summed E-state index contributed by atoms with van der Waals surface area (Å²) in [6, 6.07) is 11.6. The van der Waals surface area contributed by atoms with Crippen LogP contribution in [0.3, 0.4) is 0 Å². The predicted octanol–water partition coefficient (Wildman–Crippen LogP) is 3.17. The number of carboxylic acids is 1. The highest BCUT2D eigenvalue weighted by Crippen LogP contribution is 2.19. The monoisotopic (exact) mass is 283 g/mol. The Kier molecular flexibility index (Phi) is 4.72. The van der Waals surface area contributed by atoms with Crippen molar-refractivity contribution in [3.63, 3.8) is 0 Å². The average Bonchev–Trinajstić information content (AvgIpc) is 2.49. The minimum atomic E-state index is -0.904. The lowest BCUT2D eigenvalue weighted by atomic mass is 10.0. The van der Waals surface area contributed by atoms with E-state index in [-0.39, 0.29) is 0 Å². The molecule has 0 fully saturated rings. The molecule has 1 aromatic heterocycles. The van der Waals surface area contributed by atoms with Gasteiger partial charge in [-0.25, -0.2) is 9.78 Å². The minimum Gasteiger partial charge on any atom is -0.481 e. The smallest absolute Gasteiger partial charge is 0.331 e. The molecule has 4 nitrogen and oxygen atoms in total. The van der Waals surface area contributed by atoms with Crippen LogP contribution in [0.15, 0.2) is 48.2 Å². The maximum Gasteiger partial charge on any atom is 0.331 e. The van der Waals surface area contributed by atoms with Gasteiger partial charge < -0.3 is 9.84 Å². The van der Waals surface area contributed by atoms with Gasteiger partial charge in [-0.3, -0.25) is 0 Å². The number of rotatable bonds is 5. The molecule has 4 heteroatoms. The second kappa shape index (κ2) is 6.70. The van der Waals surface area contributed by atoms with Crippen LogP contribution in [-0.2, 0) is 11.2 Å². The number of hydrogen-bond acceptors (Lipinski definition) is 3. The molecule has 2 rings (SSSR count). The van der Waals surface area contributed by atoms with Gasteiger partial charge in [0.1, 0.15) is 0 Å².